The first-order chi connectivity index (χ1) is 12.2. The first kappa shape index (κ1) is 15.3. The van der Waals surface area contributed by atoms with Crippen molar-refractivity contribution in [2.45, 2.75) is 20.0 Å². The smallest absolute Gasteiger partial charge is 0.223 e. The molecule has 0 fully saturated rings. The molecule has 0 spiro atoms. The average molecular weight is 332 g/mol. The summed E-state index contributed by atoms with van der Waals surface area (Å²) in [5, 5.41) is 3.79. The van der Waals surface area contributed by atoms with Gasteiger partial charge in [-0.25, -0.2) is 0 Å². The Balaban J connectivity index is 1.45. The normalized spacial score (nSPS) is 14.8. The van der Waals surface area contributed by atoms with Gasteiger partial charge < -0.3 is 9.26 Å². The maximum absolute atomic E-state index is 12.4. The number of hydrogen-bond donors (Lipinski definition) is 0. The summed E-state index contributed by atoms with van der Waals surface area (Å²) < 4.78 is 10.5. The zero-order valence-electron chi connectivity index (χ0n) is 13.7. The Morgan fingerprint density at radius 3 is 2.68 bits per heavy atom. The molecule has 0 atom stereocenters. The lowest BCUT2D eigenvalue weighted by Gasteiger charge is -2.04. The molecule has 0 saturated heterocycles. The van der Waals surface area contributed by atoms with E-state index in [1.54, 1.807) is 6.92 Å². The van der Waals surface area contributed by atoms with Crippen LogP contribution >= 0.6 is 0 Å². The monoisotopic (exact) mass is 332 g/mol. The molecule has 0 saturated carbocycles. The SMILES string of the molecule is Cc1nc(COc2ccc(C=C3Cc4ccccc4C3=O)cc2)no1. The van der Waals surface area contributed by atoms with E-state index in [1.165, 1.54) is 0 Å². The Labute approximate surface area is 144 Å². The first-order valence-electron chi connectivity index (χ1n) is 8.04. The number of fused-ring (bicyclic) bond motifs is 1. The molecule has 3 aromatic rings. The van der Waals surface area contributed by atoms with Gasteiger partial charge in [-0.15, -0.1) is 0 Å². The van der Waals surface area contributed by atoms with E-state index in [2.05, 4.69) is 10.1 Å². The van der Waals surface area contributed by atoms with Gasteiger partial charge in [0, 0.05) is 24.5 Å². The topological polar surface area (TPSA) is 65.2 Å². The Hall–Kier alpha value is -3.21. The number of aromatic nitrogens is 2. The minimum Gasteiger partial charge on any atom is -0.485 e. The molecule has 1 aromatic heterocycles. The highest BCUT2D eigenvalue weighted by molar-refractivity contribution is 6.15. The van der Waals surface area contributed by atoms with Crippen molar-refractivity contribution in [3.63, 3.8) is 0 Å². The number of Topliss-reactive ketones (excluding diaryl/α,β-unsaturated/α-hetero) is 1. The average Bonchev–Trinajstić information content (AvgIpc) is 3.18. The Morgan fingerprint density at radius 2 is 1.96 bits per heavy atom. The van der Waals surface area contributed by atoms with Crippen LogP contribution in [0.15, 0.2) is 58.6 Å². The summed E-state index contributed by atoms with van der Waals surface area (Å²) in [6.07, 6.45) is 2.62. The summed E-state index contributed by atoms with van der Waals surface area (Å²) in [6, 6.07) is 15.3. The fourth-order valence-electron chi connectivity index (χ4n) is 2.88. The van der Waals surface area contributed by atoms with E-state index in [0.717, 1.165) is 22.3 Å². The van der Waals surface area contributed by atoms with Crippen molar-refractivity contribution in [1.82, 2.24) is 10.1 Å². The van der Waals surface area contributed by atoms with E-state index < -0.39 is 0 Å². The fourth-order valence-corrected chi connectivity index (χ4v) is 2.88. The predicted molar refractivity (Wildman–Crippen MR) is 92.3 cm³/mol. The number of ketones is 1. The standard InChI is InChI=1S/C20H16N2O3/c1-13-21-19(22-25-13)12-24-17-8-6-14(7-9-17)10-16-11-15-4-2-3-5-18(15)20(16)23/h2-10H,11-12H2,1H3. The van der Waals surface area contributed by atoms with E-state index in [4.69, 9.17) is 9.26 Å². The molecule has 0 radical (unpaired) electrons. The van der Waals surface area contributed by atoms with Crippen LogP contribution in [0.25, 0.3) is 6.08 Å². The van der Waals surface area contributed by atoms with Crippen LogP contribution in [0.2, 0.25) is 0 Å². The third-order valence-electron chi connectivity index (χ3n) is 4.09. The van der Waals surface area contributed by atoms with Gasteiger partial charge in [0.15, 0.2) is 12.4 Å². The number of allylic oxidation sites excluding steroid dienone is 1. The number of carbonyl (C=O) groups excluding carboxylic acids is 1. The van der Waals surface area contributed by atoms with Crippen LogP contribution in [0.1, 0.15) is 33.2 Å². The van der Waals surface area contributed by atoms with Gasteiger partial charge >= 0.3 is 0 Å². The highest BCUT2D eigenvalue weighted by Crippen LogP contribution is 2.27. The molecule has 0 bridgehead atoms. The van der Waals surface area contributed by atoms with Crippen LogP contribution in [0.4, 0.5) is 0 Å². The first-order valence-corrected chi connectivity index (χ1v) is 8.04. The predicted octanol–water partition coefficient (Wildman–Crippen LogP) is 3.78. The second kappa shape index (κ2) is 6.36. The van der Waals surface area contributed by atoms with Crippen molar-refractivity contribution in [3.05, 3.63) is 82.5 Å². The Morgan fingerprint density at radius 1 is 1.16 bits per heavy atom. The molecule has 1 heterocycles. The molecule has 1 aliphatic rings. The van der Waals surface area contributed by atoms with Gasteiger partial charge in [0.25, 0.3) is 0 Å². The van der Waals surface area contributed by atoms with Gasteiger partial charge in [0.05, 0.1) is 0 Å². The van der Waals surface area contributed by atoms with Crippen molar-refractivity contribution in [2.75, 3.05) is 0 Å². The second-order valence-electron chi connectivity index (χ2n) is 5.92. The van der Waals surface area contributed by atoms with E-state index in [-0.39, 0.29) is 12.4 Å². The van der Waals surface area contributed by atoms with Gasteiger partial charge in [0.2, 0.25) is 11.7 Å². The molecule has 5 nitrogen and oxygen atoms in total. The molecule has 4 rings (SSSR count). The van der Waals surface area contributed by atoms with E-state index in [9.17, 15) is 4.79 Å². The molecular formula is C20H16N2O3. The molecule has 0 N–H and O–H groups in total. The number of nitrogens with zero attached hydrogens (tertiary/aromatic N) is 2. The van der Waals surface area contributed by atoms with Crippen LogP contribution in [0.5, 0.6) is 5.75 Å². The van der Waals surface area contributed by atoms with Crippen LogP contribution in [-0.4, -0.2) is 15.9 Å². The highest BCUT2D eigenvalue weighted by atomic mass is 16.5. The molecule has 124 valence electrons. The summed E-state index contributed by atoms with van der Waals surface area (Å²) in [5.41, 5.74) is 3.69. The summed E-state index contributed by atoms with van der Waals surface area (Å²) in [5.74, 6) is 1.86. The quantitative estimate of drug-likeness (QED) is 0.680. The number of ether oxygens (including phenoxy) is 1. The number of carbonyl (C=O) groups is 1. The van der Waals surface area contributed by atoms with Gasteiger partial charge in [-0.3, -0.25) is 4.79 Å². The lowest BCUT2D eigenvalue weighted by Crippen LogP contribution is -1.97. The van der Waals surface area contributed by atoms with Crippen molar-refractivity contribution >= 4 is 11.9 Å². The lowest BCUT2D eigenvalue weighted by molar-refractivity contribution is 0.104. The Kier molecular flexibility index (Phi) is 3.90. The fraction of sp³-hybridized carbons (Fsp3) is 0.150. The Bertz CT molecular complexity index is 955. The van der Waals surface area contributed by atoms with Gasteiger partial charge in [-0.2, -0.15) is 4.98 Å². The van der Waals surface area contributed by atoms with Gasteiger partial charge in [-0.05, 0) is 29.3 Å². The van der Waals surface area contributed by atoms with Crippen LogP contribution in [0.3, 0.4) is 0 Å². The molecule has 25 heavy (non-hydrogen) atoms. The zero-order valence-corrected chi connectivity index (χ0v) is 13.7. The van der Waals surface area contributed by atoms with Crippen LogP contribution in [0, 0.1) is 6.92 Å². The maximum Gasteiger partial charge on any atom is 0.223 e. The number of rotatable bonds is 4. The van der Waals surface area contributed by atoms with Crippen molar-refractivity contribution in [3.8, 4) is 5.75 Å². The van der Waals surface area contributed by atoms with E-state index in [1.807, 2.05) is 54.6 Å². The summed E-state index contributed by atoms with van der Waals surface area (Å²) >= 11 is 0. The molecular weight excluding hydrogens is 316 g/mol. The van der Waals surface area contributed by atoms with Crippen molar-refractivity contribution in [2.24, 2.45) is 0 Å². The third kappa shape index (κ3) is 3.21. The van der Waals surface area contributed by atoms with Gasteiger partial charge in [0.1, 0.15) is 5.75 Å². The number of benzene rings is 2. The highest BCUT2D eigenvalue weighted by Gasteiger charge is 2.23. The van der Waals surface area contributed by atoms with E-state index in [0.29, 0.717) is 23.9 Å². The molecule has 0 aliphatic heterocycles. The minimum absolute atomic E-state index is 0.114. The molecule has 5 heteroatoms. The second-order valence-corrected chi connectivity index (χ2v) is 5.92. The molecule has 0 unspecified atom stereocenters. The molecule has 2 aromatic carbocycles. The summed E-state index contributed by atoms with van der Waals surface area (Å²) in [7, 11) is 0. The zero-order chi connectivity index (χ0) is 17.2. The number of hydrogen-bond acceptors (Lipinski definition) is 5. The third-order valence-corrected chi connectivity index (χ3v) is 4.09. The lowest BCUT2D eigenvalue weighted by atomic mass is 10.1. The summed E-state index contributed by atoms with van der Waals surface area (Å²) in [4.78, 5) is 16.5. The summed E-state index contributed by atoms with van der Waals surface area (Å²) in [6.45, 7) is 1.99. The van der Waals surface area contributed by atoms with Crippen molar-refractivity contribution in [1.29, 1.82) is 0 Å². The number of aryl methyl sites for hydroxylation is 1. The van der Waals surface area contributed by atoms with Crippen molar-refractivity contribution < 1.29 is 14.1 Å². The molecule has 1 aliphatic carbocycles. The van der Waals surface area contributed by atoms with E-state index >= 15 is 0 Å². The van der Waals surface area contributed by atoms with Crippen LogP contribution < -0.4 is 4.74 Å². The van der Waals surface area contributed by atoms with Gasteiger partial charge in [-0.1, -0.05) is 41.6 Å². The molecule has 0 amide bonds. The largest absolute Gasteiger partial charge is 0.485 e. The minimum atomic E-state index is 0.114. The van der Waals surface area contributed by atoms with Crippen LogP contribution in [-0.2, 0) is 13.0 Å². The maximum atomic E-state index is 12.4.